The van der Waals surface area contributed by atoms with Gasteiger partial charge in [-0.1, -0.05) is 30.3 Å². The molecule has 0 saturated carbocycles. The van der Waals surface area contributed by atoms with Crippen molar-refractivity contribution in [3.8, 4) is 5.75 Å². The highest BCUT2D eigenvalue weighted by Gasteiger charge is 2.28. The van der Waals surface area contributed by atoms with E-state index in [4.69, 9.17) is 4.74 Å². The smallest absolute Gasteiger partial charge is 0.254 e. The van der Waals surface area contributed by atoms with Crippen molar-refractivity contribution < 1.29 is 14.3 Å². The molecule has 148 valence electrons. The Morgan fingerprint density at radius 2 is 1.82 bits per heavy atom. The van der Waals surface area contributed by atoms with Gasteiger partial charge in [-0.15, -0.1) is 0 Å². The van der Waals surface area contributed by atoms with Crippen LogP contribution in [0.1, 0.15) is 34.3 Å². The molecule has 1 heterocycles. The van der Waals surface area contributed by atoms with Gasteiger partial charge in [-0.25, -0.2) is 0 Å². The Bertz CT molecular complexity index is 826. The minimum absolute atomic E-state index is 0.0418. The lowest BCUT2D eigenvalue weighted by Gasteiger charge is -2.31. The number of hydrogen-bond acceptors (Lipinski definition) is 3. The Morgan fingerprint density at radius 3 is 2.54 bits per heavy atom. The molecule has 5 nitrogen and oxygen atoms in total. The van der Waals surface area contributed by atoms with Gasteiger partial charge in [0.15, 0.2) is 0 Å². The predicted octanol–water partition coefficient (Wildman–Crippen LogP) is 3.35. The Morgan fingerprint density at radius 1 is 1.07 bits per heavy atom. The SMILES string of the molecule is Cc1cccc(OCCNC(=O)C2CCN(C(=O)c3ccccc3C)CC2)c1. The van der Waals surface area contributed by atoms with Crippen LogP contribution in [0, 0.1) is 19.8 Å². The predicted molar refractivity (Wildman–Crippen MR) is 109 cm³/mol. The van der Waals surface area contributed by atoms with Crippen LogP contribution in [0.4, 0.5) is 0 Å². The number of aryl methyl sites for hydroxylation is 2. The average molecular weight is 380 g/mol. The number of carbonyl (C=O) groups is 2. The van der Waals surface area contributed by atoms with E-state index in [1.54, 1.807) is 0 Å². The first kappa shape index (κ1) is 19.9. The van der Waals surface area contributed by atoms with Crippen LogP contribution in [0.2, 0.25) is 0 Å². The van der Waals surface area contributed by atoms with Crippen molar-refractivity contribution in [3.05, 3.63) is 65.2 Å². The van der Waals surface area contributed by atoms with Gasteiger partial charge >= 0.3 is 0 Å². The molecule has 0 bridgehead atoms. The second-order valence-electron chi connectivity index (χ2n) is 7.34. The molecule has 28 heavy (non-hydrogen) atoms. The zero-order valence-corrected chi connectivity index (χ0v) is 16.6. The van der Waals surface area contributed by atoms with Crippen LogP contribution in [0.15, 0.2) is 48.5 Å². The van der Waals surface area contributed by atoms with E-state index in [-0.39, 0.29) is 17.7 Å². The first-order valence-electron chi connectivity index (χ1n) is 9.86. The summed E-state index contributed by atoms with van der Waals surface area (Å²) in [7, 11) is 0. The van der Waals surface area contributed by atoms with Crippen molar-refractivity contribution in [2.75, 3.05) is 26.2 Å². The monoisotopic (exact) mass is 380 g/mol. The Labute approximate surface area is 166 Å². The van der Waals surface area contributed by atoms with Gasteiger partial charge in [-0.3, -0.25) is 9.59 Å². The van der Waals surface area contributed by atoms with E-state index < -0.39 is 0 Å². The summed E-state index contributed by atoms with van der Waals surface area (Å²) < 4.78 is 5.67. The second kappa shape index (κ2) is 9.40. The maximum absolute atomic E-state index is 12.7. The summed E-state index contributed by atoms with van der Waals surface area (Å²) in [5.41, 5.74) is 2.88. The van der Waals surface area contributed by atoms with Crippen LogP contribution < -0.4 is 10.1 Å². The highest BCUT2D eigenvalue weighted by atomic mass is 16.5. The van der Waals surface area contributed by atoms with Gasteiger partial charge in [-0.2, -0.15) is 0 Å². The normalized spacial score (nSPS) is 14.6. The topological polar surface area (TPSA) is 58.6 Å². The van der Waals surface area contributed by atoms with Gasteiger partial charge in [0, 0.05) is 24.6 Å². The van der Waals surface area contributed by atoms with Crippen molar-refractivity contribution in [1.29, 1.82) is 0 Å². The fourth-order valence-corrected chi connectivity index (χ4v) is 3.52. The van der Waals surface area contributed by atoms with E-state index in [9.17, 15) is 9.59 Å². The van der Waals surface area contributed by atoms with Crippen LogP contribution in [0.5, 0.6) is 5.75 Å². The van der Waals surface area contributed by atoms with Crippen LogP contribution in [-0.4, -0.2) is 43.0 Å². The summed E-state index contributed by atoms with van der Waals surface area (Å²) in [6, 6.07) is 15.5. The zero-order chi connectivity index (χ0) is 19.9. The van der Waals surface area contributed by atoms with Gasteiger partial charge < -0.3 is 15.0 Å². The molecule has 1 N–H and O–H groups in total. The van der Waals surface area contributed by atoms with E-state index >= 15 is 0 Å². The summed E-state index contributed by atoms with van der Waals surface area (Å²) in [5.74, 6) is 0.886. The summed E-state index contributed by atoms with van der Waals surface area (Å²) in [6.45, 7) is 6.13. The Hall–Kier alpha value is -2.82. The maximum Gasteiger partial charge on any atom is 0.254 e. The number of benzene rings is 2. The standard InChI is InChI=1S/C23H28N2O3/c1-17-6-5-8-20(16-17)28-15-12-24-22(26)19-10-13-25(14-11-19)23(27)21-9-4-3-7-18(21)2/h3-9,16,19H,10-15H2,1-2H3,(H,24,26). The number of rotatable bonds is 6. The molecule has 1 fully saturated rings. The molecule has 0 unspecified atom stereocenters. The van der Waals surface area contributed by atoms with Crippen molar-refractivity contribution in [2.45, 2.75) is 26.7 Å². The third-order valence-corrected chi connectivity index (χ3v) is 5.19. The molecule has 0 spiro atoms. The fourth-order valence-electron chi connectivity index (χ4n) is 3.52. The summed E-state index contributed by atoms with van der Waals surface area (Å²) in [6.07, 6.45) is 1.39. The third kappa shape index (κ3) is 5.12. The van der Waals surface area contributed by atoms with E-state index in [1.165, 1.54) is 0 Å². The quantitative estimate of drug-likeness (QED) is 0.782. The number of hydrogen-bond donors (Lipinski definition) is 1. The van der Waals surface area contributed by atoms with E-state index in [0.717, 1.165) is 22.4 Å². The van der Waals surface area contributed by atoms with Crippen LogP contribution in [0.25, 0.3) is 0 Å². The molecule has 0 atom stereocenters. The molecule has 0 aromatic heterocycles. The molecule has 0 aliphatic carbocycles. The fraction of sp³-hybridized carbons (Fsp3) is 0.391. The van der Waals surface area contributed by atoms with Crippen LogP contribution >= 0.6 is 0 Å². The lowest BCUT2D eigenvalue weighted by Crippen LogP contribution is -2.43. The molecule has 2 aromatic rings. The number of piperidine rings is 1. The number of amides is 2. The van der Waals surface area contributed by atoms with Crippen LogP contribution in [0.3, 0.4) is 0 Å². The zero-order valence-electron chi connectivity index (χ0n) is 16.6. The number of ether oxygens (including phenoxy) is 1. The van der Waals surface area contributed by atoms with Crippen molar-refractivity contribution in [2.24, 2.45) is 5.92 Å². The number of nitrogens with one attached hydrogen (secondary N) is 1. The van der Waals surface area contributed by atoms with Crippen molar-refractivity contribution in [3.63, 3.8) is 0 Å². The minimum atomic E-state index is -0.0418. The molecule has 1 aliphatic heterocycles. The largest absolute Gasteiger partial charge is 0.492 e. The molecule has 0 radical (unpaired) electrons. The first-order valence-corrected chi connectivity index (χ1v) is 9.86. The maximum atomic E-state index is 12.7. The summed E-state index contributed by atoms with van der Waals surface area (Å²) in [4.78, 5) is 26.9. The Kier molecular flexibility index (Phi) is 6.69. The van der Waals surface area contributed by atoms with Gasteiger partial charge in [0.2, 0.25) is 5.91 Å². The molecule has 1 aliphatic rings. The number of nitrogens with zero attached hydrogens (tertiary/aromatic N) is 1. The lowest BCUT2D eigenvalue weighted by atomic mass is 9.95. The van der Waals surface area contributed by atoms with Gasteiger partial charge in [0.05, 0.1) is 6.54 Å². The van der Waals surface area contributed by atoms with Gasteiger partial charge in [0.25, 0.3) is 5.91 Å². The number of carbonyl (C=O) groups excluding carboxylic acids is 2. The van der Waals surface area contributed by atoms with Gasteiger partial charge in [-0.05, 0) is 56.0 Å². The highest BCUT2D eigenvalue weighted by molar-refractivity contribution is 5.95. The molecular weight excluding hydrogens is 352 g/mol. The molecule has 5 heteroatoms. The van der Waals surface area contributed by atoms with E-state index in [2.05, 4.69) is 5.32 Å². The highest BCUT2D eigenvalue weighted by Crippen LogP contribution is 2.20. The molecule has 2 aromatic carbocycles. The first-order chi connectivity index (χ1) is 13.5. The van der Waals surface area contributed by atoms with Crippen LogP contribution in [-0.2, 0) is 4.79 Å². The van der Waals surface area contributed by atoms with E-state index in [1.807, 2.05) is 67.3 Å². The van der Waals surface area contributed by atoms with Crippen molar-refractivity contribution in [1.82, 2.24) is 10.2 Å². The Balaban J connectivity index is 1.40. The third-order valence-electron chi connectivity index (χ3n) is 5.19. The molecule has 2 amide bonds. The van der Waals surface area contributed by atoms with E-state index in [0.29, 0.717) is 39.1 Å². The average Bonchev–Trinajstić information content (AvgIpc) is 2.71. The number of likely N-dealkylation sites (tertiary alicyclic amines) is 1. The van der Waals surface area contributed by atoms with Gasteiger partial charge in [0.1, 0.15) is 12.4 Å². The molecular formula is C23H28N2O3. The molecule has 1 saturated heterocycles. The summed E-state index contributed by atoms with van der Waals surface area (Å²) in [5, 5.41) is 2.95. The lowest BCUT2D eigenvalue weighted by molar-refractivity contribution is -0.126. The minimum Gasteiger partial charge on any atom is -0.492 e. The summed E-state index contributed by atoms with van der Waals surface area (Å²) >= 11 is 0. The molecule has 3 rings (SSSR count). The van der Waals surface area contributed by atoms with Crippen molar-refractivity contribution >= 4 is 11.8 Å². The second-order valence-corrected chi connectivity index (χ2v) is 7.34.